The van der Waals surface area contributed by atoms with E-state index in [0.29, 0.717) is 0 Å². The summed E-state index contributed by atoms with van der Waals surface area (Å²) in [7, 11) is 0. The molecule has 0 radical (unpaired) electrons. The fraction of sp³-hybridized carbons (Fsp3) is 0.357. The lowest BCUT2D eigenvalue weighted by molar-refractivity contribution is 0.230. The summed E-state index contributed by atoms with van der Waals surface area (Å²) in [5.41, 5.74) is 1.10. The predicted molar refractivity (Wildman–Crippen MR) is 78.8 cm³/mol. The number of aliphatic hydroxyl groups is 1. The smallest absolute Gasteiger partial charge is 0.0632 e. The summed E-state index contributed by atoms with van der Waals surface area (Å²) in [4.78, 5) is 0. The predicted octanol–water partition coefficient (Wildman–Crippen LogP) is 2.36. The molecule has 1 aromatic carbocycles. The van der Waals surface area contributed by atoms with Crippen molar-refractivity contribution in [1.29, 1.82) is 0 Å². The molecule has 0 aliphatic heterocycles. The van der Waals surface area contributed by atoms with Crippen LogP contribution >= 0.6 is 15.9 Å². The molecule has 2 atom stereocenters. The third-order valence-corrected chi connectivity index (χ3v) is 3.34. The first-order valence-corrected chi connectivity index (χ1v) is 7.08. The van der Waals surface area contributed by atoms with Gasteiger partial charge in [0.15, 0.2) is 0 Å². The number of aliphatic hydroxyl groups excluding tert-OH is 1. The summed E-state index contributed by atoms with van der Waals surface area (Å²) in [5.74, 6) is 0. The number of hydrogen-bond donors (Lipinski definition) is 2. The average Bonchev–Trinajstić information content (AvgIpc) is 2.82. The van der Waals surface area contributed by atoms with Gasteiger partial charge in [0, 0.05) is 12.2 Å². The minimum absolute atomic E-state index is 0.0461. The average molecular weight is 324 g/mol. The van der Waals surface area contributed by atoms with E-state index in [9.17, 15) is 5.11 Å². The van der Waals surface area contributed by atoms with Gasteiger partial charge < -0.3 is 10.4 Å². The van der Waals surface area contributed by atoms with Gasteiger partial charge >= 0.3 is 0 Å². The fourth-order valence-corrected chi connectivity index (χ4v) is 2.38. The SMILES string of the molecule is C[C@@H](Cn1cc(Br)cn1)N[C@H](CO)c1ccccc1. The number of halogens is 1. The molecule has 2 rings (SSSR count). The van der Waals surface area contributed by atoms with E-state index in [2.05, 4.69) is 33.3 Å². The van der Waals surface area contributed by atoms with Crippen molar-refractivity contribution in [2.24, 2.45) is 0 Å². The van der Waals surface area contributed by atoms with Crippen LogP contribution in [-0.4, -0.2) is 27.5 Å². The maximum atomic E-state index is 9.51. The van der Waals surface area contributed by atoms with Gasteiger partial charge in [-0.05, 0) is 28.4 Å². The minimum Gasteiger partial charge on any atom is -0.394 e. The number of benzene rings is 1. The molecule has 0 unspecified atom stereocenters. The molecule has 0 amide bonds. The zero-order valence-electron chi connectivity index (χ0n) is 10.8. The van der Waals surface area contributed by atoms with Crippen LogP contribution in [0.5, 0.6) is 0 Å². The van der Waals surface area contributed by atoms with Gasteiger partial charge in [0.2, 0.25) is 0 Å². The summed E-state index contributed by atoms with van der Waals surface area (Å²) in [6.07, 6.45) is 3.71. The van der Waals surface area contributed by atoms with Gasteiger partial charge in [0.1, 0.15) is 0 Å². The molecule has 0 saturated carbocycles. The van der Waals surface area contributed by atoms with E-state index in [4.69, 9.17) is 0 Å². The van der Waals surface area contributed by atoms with Crippen LogP contribution in [0.3, 0.4) is 0 Å². The third-order valence-electron chi connectivity index (χ3n) is 2.93. The zero-order valence-corrected chi connectivity index (χ0v) is 12.4. The lowest BCUT2D eigenvalue weighted by Crippen LogP contribution is -2.35. The number of hydrogen-bond acceptors (Lipinski definition) is 3. The number of nitrogens with zero attached hydrogens (tertiary/aromatic N) is 2. The molecule has 0 aliphatic rings. The molecular formula is C14H18BrN3O. The van der Waals surface area contributed by atoms with Crippen molar-refractivity contribution in [2.75, 3.05) is 6.61 Å². The highest BCUT2D eigenvalue weighted by Crippen LogP contribution is 2.13. The summed E-state index contributed by atoms with van der Waals surface area (Å²) in [6, 6.07) is 10.1. The van der Waals surface area contributed by atoms with Gasteiger partial charge in [-0.15, -0.1) is 0 Å². The third kappa shape index (κ3) is 4.16. The monoisotopic (exact) mass is 323 g/mol. The normalized spacial score (nSPS) is 14.3. The summed E-state index contributed by atoms with van der Waals surface area (Å²) in [5, 5.41) is 17.1. The van der Waals surface area contributed by atoms with Crippen molar-refractivity contribution in [3.63, 3.8) is 0 Å². The molecule has 0 fully saturated rings. The van der Waals surface area contributed by atoms with Crippen molar-refractivity contribution in [2.45, 2.75) is 25.6 Å². The van der Waals surface area contributed by atoms with Gasteiger partial charge in [-0.25, -0.2) is 0 Å². The second-order valence-electron chi connectivity index (χ2n) is 4.59. The van der Waals surface area contributed by atoms with Gasteiger partial charge in [-0.3, -0.25) is 4.68 Å². The molecule has 4 nitrogen and oxygen atoms in total. The van der Waals surface area contributed by atoms with E-state index in [-0.39, 0.29) is 18.7 Å². The molecule has 2 N–H and O–H groups in total. The summed E-state index contributed by atoms with van der Waals surface area (Å²) < 4.78 is 2.85. The van der Waals surface area contributed by atoms with E-state index in [1.54, 1.807) is 6.20 Å². The van der Waals surface area contributed by atoms with Crippen molar-refractivity contribution in [3.8, 4) is 0 Å². The maximum Gasteiger partial charge on any atom is 0.0632 e. The van der Waals surface area contributed by atoms with E-state index < -0.39 is 0 Å². The highest BCUT2D eigenvalue weighted by molar-refractivity contribution is 9.10. The maximum absolute atomic E-state index is 9.51. The number of nitrogens with one attached hydrogen (secondary N) is 1. The standard InChI is InChI=1S/C14H18BrN3O/c1-11(8-18-9-13(15)7-16-18)17-14(10-19)12-5-3-2-4-6-12/h2-7,9,11,14,17,19H,8,10H2,1H3/t11-,14+/m0/s1. The Morgan fingerprint density at radius 1 is 1.37 bits per heavy atom. The molecule has 19 heavy (non-hydrogen) atoms. The molecule has 0 bridgehead atoms. The second kappa shape index (κ2) is 6.84. The molecule has 1 heterocycles. The van der Waals surface area contributed by atoms with Crippen molar-refractivity contribution >= 4 is 15.9 Å². The van der Waals surface area contributed by atoms with Crippen LogP contribution in [-0.2, 0) is 6.54 Å². The molecule has 0 saturated heterocycles. The van der Waals surface area contributed by atoms with E-state index in [1.807, 2.05) is 41.2 Å². The number of aromatic nitrogens is 2. The Bertz CT molecular complexity index is 500. The second-order valence-corrected chi connectivity index (χ2v) is 5.51. The minimum atomic E-state index is -0.0461. The van der Waals surface area contributed by atoms with Gasteiger partial charge in [-0.2, -0.15) is 5.10 Å². The van der Waals surface area contributed by atoms with Crippen LogP contribution < -0.4 is 5.32 Å². The van der Waals surface area contributed by atoms with E-state index >= 15 is 0 Å². The molecule has 1 aromatic heterocycles. The quantitative estimate of drug-likeness (QED) is 0.858. The van der Waals surface area contributed by atoms with Crippen LogP contribution in [0, 0.1) is 0 Å². The Balaban J connectivity index is 1.95. The molecule has 0 spiro atoms. The topological polar surface area (TPSA) is 50.1 Å². The largest absolute Gasteiger partial charge is 0.394 e. The van der Waals surface area contributed by atoms with Gasteiger partial charge in [-0.1, -0.05) is 30.3 Å². The van der Waals surface area contributed by atoms with E-state index in [1.165, 1.54) is 0 Å². The number of rotatable bonds is 6. The molecule has 0 aliphatic carbocycles. The van der Waals surface area contributed by atoms with Crippen LogP contribution in [0.4, 0.5) is 0 Å². The van der Waals surface area contributed by atoms with Crippen molar-refractivity contribution in [3.05, 3.63) is 52.8 Å². The summed E-state index contributed by atoms with van der Waals surface area (Å²) >= 11 is 3.38. The molecular weight excluding hydrogens is 306 g/mol. The first kappa shape index (κ1) is 14.2. The Morgan fingerprint density at radius 3 is 2.68 bits per heavy atom. The molecule has 2 aromatic rings. The van der Waals surface area contributed by atoms with Crippen LogP contribution in [0.1, 0.15) is 18.5 Å². The van der Waals surface area contributed by atoms with E-state index in [0.717, 1.165) is 16.6 Å². The zero-order chi connectivity index (χ0) is 13.7. The Kier molecular flexibility index (Phi) is 5.13. The van der Waals surface area contributed by atoms with Crippen LogP contribution in [0.15, 0.2) is 47.2 Å². The first-order chi connectivity index (χ1) is 9.19. The van der Waals surface area contributed by atoms with Crippen LogP contribution in [0.25, 0.3) is 0 Å². The Morgan fingerprint density at radius 2 is 2.11 bits per heavy atom. The van der Waals surface area contributed by atoms with Crippen molar-refractivity contribution < 1.29 is 5.11 Å². The highest BCUT2D eigenvalue weighted by Gasteiger charge is 2.13. The Hall–Kier alpha value is -1.17. The van der Waals surface area contributed by atoms with Crippen molar-refractivity contribution in [1.82, 2.24) is 15.1 Å². The van der Waals surface area contributed by atoms with Gasteiger partial charge in [0.05, 0.1) is 29.9 Å². The summed E-state index contributed by atoms with van der Waals surface area (Å²) in [6.45, 7) is 2.92. The lowest BCUT2D eigenvalue weighted by atomic mass is 10.1. The first-order valence-electron chi connectivity index (χ1n) is 6.29. The molecule has 5 heteroatoms. The fourth-order valence-electron chi connectivity index (χ4n) is 2.05. The lowest BCUT2D eigenvalue weighted by Gasteiger charge is -2.22. The van der Waals surface area contributed by atoms with Gasteiger partial charge in [0.25, 0.3) is 0 Å². The Labute approximate surface area is 121 Å². The molecule has 102 valence electrons. The highest BCUT2D eigenvalue weighted by atomic mass is 79.9. The van der Waals surface area contributed by atoms with Crippen LogP contribution in [0.2, 0.25) is 0 Å².